The van der Waals surface area contributed by atoms with Crippen LogP contribution in [0.4, 0.5) is 4.39 Å². The van der Waals surface area contributed by atoms with Gasteiger partial charge in [0.25, 0.3) is 0 Å². The van der Waals surface area contributed by atoms with Gasteiger partial charge in [-0.15, -0.1) is 0 Å². The van der Waals surface area contributed by atoms with Gasteiger partial charge in [-0.2, -0.15) is 0 Å². The number of aromatic nitrogens is 2. The van der Waals surface area contributed by atoms with Crippen LogP contribution in [0, 0.1) is 5.82 Å². The predicted molar refractivity (Wildman–Crippen MR) is 58.8 cm³/mol. The van der Waals surface area contributed by atoms with E-state index in [4.69, 9.17) is 0 Å². The number of hydrogen-bond acceptors (Lipinski definition) is 2. The summed E-state index contributed by atoms with van der Waals surface area (Å²) in [4.78, 5) is 4.20. The number of rotatable bonds is 3. The minimum atomic E-state index is -0.342. The van der Waals surface area contributed by atoms with Crippen molar-refractivity contribution in [1.29, 1.82) is 0 Å². The average molecular weight is 220 g/mol. The zero-order valence-corrected chi connectivity index (χ0v) is 9.02. The normalized spacial score (nSPS) is 10.7. The van der Waals surface area contributed by atoms with Gasteiger partial charge in [-0.25, -0.2) is 9.37 Å². The van der Waals surface area contributed by atoms with Gasteiger partial charge < -0.3 is 9.67 Å². The van der Waals surface area contributed by atoms with Crippen LogP contribution >= 0.6 is 0 Å². The van der Waals surface area contributed by atoms with E-state index in [1.165, 1.54) is 12.1 Å². The fourth-order valence-electron chi connectivity index (χ4n) is 1.73. The zero-order valence-electron chi connectivity index (χ0n) is 9.02. The number of aryl methyl sites for hydroxylation is 1. The fraction of sp³-hybridized carbons (Fsp3) is 0.250. The molecule has 0 unspecified atom stereocenters. The van der Waals surface area contributed by atoms with E-state index in [0.717, 1.165) is 17.9 Å². The largest absolute Gasteiger partial charge is 0.392 e. The molecule has 1 heterocycles. The maximum Gasteiger partial charge on any atom is 0.123 e. The van der Waals surface area contributed by atoms with E-state index in [1.54, 1.807) is 12.3 Å². The van der Waals surface area contributed by atoms with Crippen LogP contribution in [0.2, 0.25) is 0 Å². The Morgan fingerprint density at radius 3 is 2.94 bits per heavy atom. The van der Waals surface area contributed by atoms with E-state index < -0.39 is 0 Å². The Labute approximate surface area is 93.2 Å². The van der Waals surface area contributed by atoms with Crippen molar-refractivity contribution in [2.45, 2.75) is 20.0 Å². The van der Waals surface area contributed by atoms with Gasteiger partial charge in [0.15, 0.2) is 0 Å². The molecule has 0 aliphatic carbocycles. The first-order valence-corrected chi connectivity index (χ1v) is 5.18. The molecular formula is C12H13FN2O. The second-order valence-electron chi connectivity index (χ2n) is 3.50. The van der Waals surface area contributed by atoms with Crippen LogP contribution in [0.1, 0.15) is 18.3 Å². The quantitative estimate of drug-likeness (QED) is 0.859. The topological polar surface area (TPSA) is 38.0 Å². The Balaban J connectivity index is 2.55. The van der Waals surface area contributed by atoms with Crippen LogP contribution < -0.4 is 0 Å². The number of aliphatic hydroxyl groups is 1. The Hall–Kier alpha value is -1.68. The predicted octanol–water partition coefficient (Wildman–Crippen LogP) is 2.07. The molecule has 2 aromatic rings. The third-order valence-corrected chi connectivity index (χ3v) is 2.51. The molecule has 1 N–H and O–H groups in total. The van der Waals surface area contributed by atoms with E-state index in [1.807, 2.05) is 17.7 Å². The van der Waals surface area contributed by atoms with Crippen molar-refractivity contribution in [3.8, 4) is 5.69 Å². The molecule has 1 aromatic heterocycles. The van der Waals surface area contributed by atoms with Gasteiger partial charge >= 0.3 is 0 Å². The first-order valence-electron chi connectivity index (χ1n) is 5.18. The molecule has 0 spiro atoms. The smallest absolute Gasteiger partial charge is 0.123 e. The van der Waals surface area contributed by atoms with Crippen LogP contribution in [-0.2, 0) is 13.0 Å². The Kier molecular flexibility index (Phi) is 3.01. The maximum atomic E-state index is 13.0. The summed E-state index contributed by atoms with van der Waals surface area (Å²) in [6.07, 6.45) is 4.30. The lowest BCUT2D eigenvalue weighted by Gasteiger charge is -2.10. The minimum absolute atomic E-state index is 0.186. The number of aliphatic hydroxyl groups excluding tert-OH is 1. The Bertz CT molecular complexity index is 494. The van der Waals surface area contributed by atoms with Crippen LogP contribution in [0.15, 0.2) is 30.6 Å². The molecule has 4 heteroatoms. The molecule has 0 fully saturated rings. The molecule has 16 heavy (non-hydrogen) atoms. The first-order chi connectivity index (χ1) is 7.76. The molecule has 0 aliphatic heterocycles. The molecule has 0 radical (unpaired) electrons. The second-order valence-corrected chi connectivity index (χ2v) is 3.50. The standard InChI is InChI=1S/C12H13FN2O/c1-2-12-14-5-6-15(12)11-4-3-10(13)7-9(11)8-16/h3-7,16H,2,8H2,1H3. The summed E-state index contributed by atoms with van der Waals surface area (Å²) in [5.74, 6) is 0.548. The SMILES string of the molecule is CCc1nccn1-c1ccc(F)cc1CO. The molecule has 84 valence electrons. The number of nitrogens with zero attached hydrogens (tertiary/aromatic N) is 2. The van der Waals surface area contributed by atoms with Gasteiger partial charge in [-0.1, -0.05) is 6.92 Å². The summed E-state index contributed by atoms with van der Waals surface area (Å²) in [5, 5.41) is 9.20. The summed E-state index contributed by atoms with van der Waals surface area (Å²) in [6.45, 7) is 1.81. The molecule has 0 saturated carbocycles. The van der Waals surface area contributed by atoms with Crippen molar-refractivity contribution < 1.29 is 9.50 Å². The summed E-state index contributed by atoms with van der Waals surface area (Å²) in [5.41, 5.74) is 1.34. The highest BCUT2D eigenvalue weighted by Crippen LogP contribution is 2.18. The highest BCUT2D eigenvalue weighted by atomic mass is 19.1. The average Bonchev–Trinajstić information content (AvgIpc) is 2.76. The van der Waals surface area contributed by atoms with Gasteiger partial charge in [0.2, 0.25) is 0 Å². The molecule has 0 amide bonds. The number of benzene rings is 1. The summed E-state index contributed by atoms with van der Waals surface area (Å²) >= 11 is 0. The zero-order chi connectivity index (χ0) is 11.5. The molecule has 3 nitrogen and oxygen atoms in total. The third-order valence-electron chi connectivity index (χ3n) is 2.51. The van der Waals surface area contributed by atoms with Crippen LogP contribution in [0.3, 0.4) is 0 Å². The second kappa shape index (κ2) is 4.45. The summed E-state index contributed by atoms with van der Waals surface area (Å²) in [6, 6.07) is 4.38. The van der Waals surface area contributed by atoms with Crippen molar-refractivity contribution >= 4 is 0 Å². The van der Waals surface area contributed by atoms with Crippen molar-refractivity contribution in [3.63, 3.8) is 0 Å². The van der Waals surface area contributed by atoms with Crippen LogP contribution in [-0.4, -0.2) is 14.7 Å². The summed E-state index contributed by atoms with van der Waals surface area (Å²) in [7, 11) is 0. The van der Waals surface area contributed by atoms with Gasteiger partial charge in [-0.3, -0.25) is 0 Å². The first kappa shape index (κ1) is 10.8. The van der Waals surface area contributed by atoms with Gasteiger partial charge in [-0.05, 0) is 18.2 Å². The van der Waals surface area contributed by atoms with E-state index in [-0.39, 0.29) is 12.4 Å². The summed E-state index contributed by atoms with van der Waals surface area (Å²) < 4.78 is 14.9. The fourth-order valence-corrected chi connectivity index (χ4v) is 1.73. The lowest BCUT2D eigenvalue weighted by atomic mass is 10.1. The molecular weight excluding hydrogens is 207 g/mol. The highest BCUT2D eigenvalue weighted by Gasteiger charge is 2.08. The Morgan fingerprint density at radius 1 is 1.44 bits per heavy atom. The minimum Gasteiger partial charge on any atom is -0.392 e. The van der Waals surface area contributed by atoms with Crippen molar-refractivity contribution in [2.24, 2.45) is 0 Å². The highest BCUT2D eigenvalue weighted by molar-refractivity contribution is 5.42. The van der Waals surface area contributed by atoms with Gasteiger partial charge in [0, 0.05) is 24.4 Å². The van der Waals surface area contributed by atoms with Gasteiger partial charge in [0.05, 0.1) is 12.3 Å². The number of imidazole rings is 1. The van der Waals surface area contributed by atoms with E-state index in [2.05, 4.69) is 4.98 Å². The lowest BCUT2D eigenvalue weighted by Crippen LogP contribution is -2.03. The molecule has 1 aromatic carbocycles. The molecule has 2 rings (SSSR count). The van der Waals surface area contributed by atoms with Crippen LogP contribution in [0.25, 0.3) is 5.69 Å². The van der Waals surface area contributed by atoms with Crippen LogP contribution in [0.5, 0.6) is 0 Å². The van der Waals surface area contributed by atoms with Crippen molar-refractivity contribution in [1.82, 2.24) is 9.55 Å². The Morgan fingerprint density at radius 2 is 2.25 bits per heavy atom. The van der Waals surface area contributed by atoms with E-state index >= 15 is 0 Å². The third kappa shape index (κ3) is 1.84. The molecule has 0 bridgehead atoms. The molecule has 0 saturated heterocycles. The maximum absolute atomic E-state index is 13.0. The lowest BCUT2D eigenvalue weighted by molar-refractivity contribution is 0.281. The van der Waals surface area contributed by atoms with Gasteiger partial charge in [0.1, 0.15) is 11.6 Å². The van der Waals surface area contributed by atoms with E-state index in [0.29, 0.717) is 5.56 Å². The van der Waals surface area contributed by atoms with Crippen molar-refractivity contribution in [2.75, 3.05) is 0 Å². The molecule has 0 atom stereocenters. The monoisotopic (exact) mass is 220 g/mol. The van der Waals surface area contributed by atoms with E-state index in [9.17, 15) is 9.50 Å². The van der Waals surface area contributed by atoms with Crippen molar-refractivity contribution in [3.05, 3.63) is 47.8 Å². The number of halogens is 1. The number of hydrogen-bond donors (Lipinski definition) is 1. The molecule has 0 aliphatic rings.